The van der Waals surface area contributed by atoms with E-state index in [0.717, 1.165) is 30.0 Å². The molecule has 0 aliphatic rings. The van der Waals surface area contributed by atoms with Crippen molar-refractivity contribution in [3.63, 3.8) is 0 Å². The van der Waals surface area contributed by atoms with Gasteiger partial charge in [0.25, 0.3) is 0 Å². The van der Waals surface area contributed by atoms with E-state index in [4.69, 9.17) is 5.73 Å². The first-order valence-corrected chi connectivity index (χ1v) is 6.89. The van der Waals surface area contributed by atoms with Crippen LogP contribution in [0.15, 0.2) is 5.38 Å². The van der Waals surface area contributed by atoms with Crippen molar-refractivity contribution in [2.24, 2.45) is 5.73 Å². The van der Waals surface area contributed by atoms with Crippen LogP contribution in [0, 0.1) is 6.92 Å². The lowest BCUT2D eigenvalue weighted by Gasteiger charge is -2.06. The Morgan fingerprint density at radius 3 is 3.00 bits per heavy atom. The molecular formula is C12H21N3OS. The fourth-order valence-corrected chi connectivity index (χ4v) is 2.13. The van der Waals surface area contributed by atoms with Gasteiger partial charge in [0.1, 0.15) is 0 Å². The van der Waals surface area contributed by atoms with Crippen LogP contribution < -0.4 is 11.1 Å². The predicted molar refractivity (Wildman–Crippen MR) is 71.1 cm³/mol. The molecule has 0 fully saturated rings. The quantitative estimate of drug-likeness (QED) is 0.778. The predicted octanol–water partition coefficient (Wildman–Crippen LogP) is 1.63. The minimum absolute atomic E-state index is 0.109. The van der Waals surface area contributed by atoms with E-state index in [0.29, 0.717) is 13.0 Å². The number of nitrogens with zero attached hydrogens (tertiary/aromatic N) is 1. The third-order valence-electron chi connectivity index (χ3n) is 2.43. The number of amides is 1. The summed E-state index contributed by atoms with van der Waals surface area (Å²) in [6, 6.07) is 0.147. The van der Waals surface area contributed by atoms with Crippen molar-refractivity contribution < 1.29 is 4.79 Å². The summed E-state index contributed by atoms with van der Waals surface area (Å²) in [5.41, 5.74) is 6.69. The SMILES string of the molecule is Cc1nc(CCCC(=O)NCCC(C)N)cs1. The molecule has 17 heavy (non-hydrogen) atoms. The Kier molecular flexibility index (Phi) is 6.15. The van der Waals surface area contributed by atoms with Crippen molar-refractivity contribution in [3.8, 4) is 0 Å². The highest BCUT2D eigenvalue weighted by Crippen LogP contribution is 2.10. The molecule has 1 atom stereocenters. The highest BCUT2D eigenvalue weighted by molar-refractivity contribution is 7.09. The van der Waals surface area contributed by atoms with Crippen molar-refractivity contribution in [2.45, 2.75) is 45.6 Å². The van der Waals surface area contributed by atoms with Gasteiger partial charge in [-0.15, -0.1) is 11.3 Å². The van der Waals surface area contributed by atoms with Gasteiger partial charge in [-0.2, -0.15) is 0 Å². The minimum atomic E-state index is 0.109. The van der Waals surface area contributed by atoms with E-state index in [1.807, 2.05) is 13.8 Å². The van der Waals surface area contributed by atoms with E-state index < -0.39 is 0 Å². The maximum Gasteiger partial charge on any atom is 0.220 e. The molecule has 0 saturated carbocycles. The Morgan fingerprint density at radius 2 is 2.41 bits per heavy atom. The summed E-state index contributed by atoms with van der Waals surface area (Å²) in [6.07, 6.45) is 3.13. The number of aryl methyl sites for hydroxylation is 2. The standard InChI is InChI=1S/C12H21N3OS/c1-9(13)6-7-14-12(16)5-3-4-11-8-17-10(2)15-11/h8-9H,3-7,13H2,1-2H3,(H,14,16). The zero-order chi connectivity index (χ0) is 12.7. The molecule has 1 aromatic heterocycles. The Bertz CT molecular complexity index is 349. The highest BCUT2D eigenvalue weighted by atomic mass is 32.1. The summed E-state index contributed by atoms with van der Waals surface area (Å²) < 4.78 is 0. The monoisotopic (exact) mass is 255 g/mol. The molecule has 1 aromatic rings. The summed E-state index contributed by atoms with van der Waals surface area (Å²) in [5.74, 6) is 0.109. The second kappa shape index (κ2) is 7.40. The number of rotatable bonds is 7. The summed E-state index contributed by atoms with van der Waals surface area (Å²) in [7, 11) is 0. The maximum atomic E-state index is 11.5. The number of nitrogens with one attached hydrogen (secondary N) is 1. The normalized spacial score (nSPS) is 12.4. The van der Waals surface area contributed by atoms with Gasteiger partial charge in [-0.3, -0.25) is 4.79 Å². The highest BCUT2D eigenvalue weighted by Gasteiger charge is 2.03. The van der Waals surface area contributed by atoms with Crippen LogP contribution in [0.1, 0.15) is 36.9 Å². The third-order valence-corrected chi connectivity index (χ3v) is 3.25. The van der Waals surface area contributed by atoms with E-state index in [2.05, 4.69) is 15.7 Å². The average Bonchev–Trinajstić information content (AvgIpc) is 2.63. The van der Waals surface area contributed by atoms with Crippen LogP contribution in [-0.2, 0) is 11.2 Å². The van der Waals surface area contributed by atoms with Crippen LogP contribution in [0.3, 0.4) is 0 Å². The maximum absolute atomic E-state index is 11.5. The van der Waals surface area contributed by atoms with E-state index in [-0.39, 0.29) is 11.9 Å². The van der Waals surface area contributed by atoms with Gasteiger partial charge in [0.2, 0.25) is 5.91 Å². The number of nitrogens with two attached hydrogens (primary N) is 1. The lowest BCUT2D eigenvalue weighted by atomic mass is 10.2. The molecule has 1 amide bonds. The molecule has 0 saturated heterocycles. The lowest BCUT2D eigenvalue weighted by Crippen LogP contribution is -2.28. The molecule has 0 aromatic carbocycles. The van der Waals surface area contributed by atoms with Crippen LogP contribution in [-0.4, -0.2) is 23.5 Å². The summed E-state index contributed by atoms with van der Waals surface area (Å²) in [6.45, 7) is 4.61. The van der Waals surface area contributed by atoms with Gasteiger partial charge >= 0.3 is 0 Å². The molecular weight excluding hydrogens is 234 g/mol. The average molecular weight is 255 g/mol. The number of carbonyl (C=O) groups is 1. The molecule has 5 heteroatoms. The second-order valence-electron chi connectivity index (χ2n) is 4.33. The van der Waals surface area contributed by atoms with Gasteiger partial charge in [0, 0.05) is 24.4 Å². The molecule has 1 rings (SSSR count). The number of carbonyl (C=O) groups excluding carboxylic acids is 1. The molecule has 96 valence electrons. The van der Waals surface area contributed by atoms with E-state index >= 15 is 0 Å². The molecule has 0 aliphatic heterocycles. The van der Waals surface area contributed by atoms with Crippen molar-refractivity contribution in [2.75, 3.05) is 6.54 Å². The van der Waals surface area contributed by atoms with Gasteiger partial charge in [-0.05, 0) is 33.1 Å². The van der Waals surface area contributed by atoms with Crippen molar-refractivity contribution >= 4 is 17.2 Å². The molecule has 0 radical (unpaired) electrons. The third kappa shape index (κ3) is 6.38. The minimum Gasteiger partial charge on any atom is -0.356 e. The van der Waals surface area contributed by atoms with Gasteiger partial charge in [-0.25, -0.2) is 4.98 Å². The molecule has 1 heterocycles. The van der Waals surface area contributed by atoms with Crippen molar-refractivity contribution in [3.05, 3.63) is 16.1 Å². The molecule has 0 bridgehead atoms. The Labute approximate surface area is 107 Å². The van der Waals surface area contributed by atoms with E-state index in [1.54, 1.807) is 11.3 Å². The first-order valence-electron chi connectivity index (χ1n) is 6.01. The van der Waals surface area contributed by atoms with E-state index in [9.17, 15) is 4.79 Å². The van der Waals surface area contributed by atoms with Crippen LogP contribution in [0.4, 0.5) is 0 Å². The second-order valence-corrected chi connectivity index (χ2v) is 5.39. The summed E-state index contributed by atoms with van der Waals surface area (Å²) in [4.78, 5) is 15.8. The van der Waals surface area contributed by atoms with E-state index in [1.165, 1.54) is 0 Å². The summed E-state index contributed by atoms with van der Waals surface area (Å²) in [5, 5.41) is 6.01. The van der Waals surface area contributed by atoms with Gasteiger partial charge in [0.15, 0.2) is 0 Å². The largest absolute Gasteiger partial charge is 0.356 e. The number of hydrogen-bond donors (Lipinski definition) is 2. The molecule has 1 unspecified atom stereocenters. The van der Waals surface area contributed by atoms with Crippen LogP contribution in [0.2, 0.25) is 0 Å². The number of aromatic nitrogens is 1. The molecule has 0 aliphatic carbocycles. The van der Waals surface area contributed by atoms with Crippen LogP contribution in [0.25, 0.3) is 0 Å². The molecule has 3 N–H and O–H groups in total. The summed E-state index contributed by atoms with van der Waals surface area (Å²) >= 11 is 1.65. The fraction of sp³-hybridized carbons (Fsp3) is 0.667. The van der Waals surface area contributed by atoms with Crippen LogP contribution >= 0.6 is 11.3 Å². The number of hydrogen-bond acceptors (Lipinski definition) is 4. The Balaban J connectivity index is 2.08. The Hall–Kier alpha value is -0.940. The lowest BCUT2D eigenvalue weighted by molar-refractivity contribution is -0.121. The zero-order valence-corrected chi connectivity index (χ0v) is 11.3. The first kappa shape index (κ1) is 14.1. The van der Waals surface area contributed by atoms with Gasteiger partial charge in [-0.1, -0.05) is 0 Å². The molecule has 4 nitrogen and oxygen atoms in total. The van der Waals surface area contributed by atoms with Gasteiger partial charge < -0.3 is 11.1 Å². The first-order chi connectivity index (χ1) is 8.08. The van der Waals surface area contributed by atoms with Crippen LogP contribution in [0.5, 0.6) is 0 Å². The fourth-order valence-electron chi connectivity index (χ4n) is 1.48. The smallest absolute Gasteiger partial charge is 0.220 e. The van der Waals surface area contributed by atoms with Crippen molar-refractivity contribution in [1.82, 2.24) is 10.3 Å². The Morgan fingerprint density at radius 1 is 1.65 bits per heavy atom. The van der Waals surface area contributed by atoms with Crippen molar-refractivity contribution in [1.29, 1.82) is 0 Å². The zero-order valence-electron chi connectivity index (χ0n) is 10.5. The van der Waals surface area contributed by atoms with Gasteiger partial charge in [0.05, 0.1) is 10.7 Å². The number of thiazole rings is 1. The topological polar surface area (TPSA) is 68.0 Å². The molecule has 0 spiro atoms.